The number of ether oxygens (including phenoxy) is 1. The predicted octanol–water partition coefficient (Wildman–Crippen LogP) is 1.69. The van der Waals surface area contributed by atoms with Crippen LogP contribution in [0.1, 0.15) is 44.4 Å². The van der Waals surface area contributed by atoms with Crippen molar-refractivity contribution in [2.45, 2.75) is 39.2 Å². The van der Waals surface area contributed by atoms with Crippen molar-refractivity contribution in [2.24, 2.45) is 17.6 Å². The molecule has 5 heteroatoms. The predicted molar refractivity (Wildman–Crippen MR) is 63.3 cm³/mol. The van der Waals surface area contributed by atoms with Gasteiger partial charge in [0.05, 0.1) is 6.04 Å². The molecule has 0 spiro atoms. The fourth-order valence-electron chi connectivity index (χ4n) is 2.11. The molecule has 0 amide bonds. The number of nitrogens with zero attached hydrogens (tertiary/aromatic N) is 2. The molecule has 2 unspecified atom stereocenters. The molecule has 0 aliphatic carbocycles. The summed E-state index contributed by atoms with van der Waals surface area (Å²) in [6.07, 6.45) is 2.79. The topological polar surface area (TPSA) is 74.2 Å². The molecule has 5 nitrogen and oxygen atoms in total. The van der Waals surface area contributed by atoms with Crippen molar-refractivity contribution in [3.63, 3.8) is 0 Å². The zero-order chi connectivity index (χ0) is 12.3. The normalized spacial score (nSPS) is 22.2. The van der Waals surface area contributed by atoms with Crippen LogP contribution in [0.4, 0.5) is 0 Å². The Hall–Kier alpha value is -0.940. The smallest absolute Gasteiger partial charge is 0.243 e. The second-order valence-corrected chi connectivity index (χ2v) is 5.22. The van der Waals surface area contributed by atoms with E-state index in [2.05, 4.69) is 24.0 Å². The van der Waals surface area contributed by atoms with Crippen LogP contribution in [0, 0.1) is 11.8 Å². The minimum absolute atomic E-state index is 0.143. The molecule has 1 aliphatic heterocycles. The van der Waals surface area contributed by atoms with Crippen LogP contribution in [-0.4, -0.2) is 23.4 Å². The van der Waals surface area contributed by atoms with Crippen LogP contribution in [0.2, 0.25) is 0 Å². The van der Waals surface area contributed by atoms with Gasteiger partial charge in [-0.25, -0.2) is 0 Å². The molecule has 1 aromatic heterocycles. The van der Waals surface area contributed by atoms with E-state index in [-0.39, 0.29) is 6.04 Å². The molecule has 2 N–H and O–H groups in total. The van der Waals surface area contributed by atoms with Gasteiger partial charge in [0.1, 0.15) is 0 Å². The first-order chi connectivity index (χ1) is 8.15. The molecule has 1 saturated heterocycles. The number of nitrogens with two attached hydrogens (primary N) is 1. The van der Waals surface area contributed by atoms with Crippen molar-refractivity contribution >= 4 is 0 Å². The van der Waals surface area contributed by atoms with Gasteiger partial charge in [-0.2, -0.15) is 4.98 Å². The van der Waals surface area contributed by atoms with E-state index in [1.807, 2.05) is 0 Å². The van der Waals surface area contributed by atoms with E-state index in [0.29, 0.717) is 17.7 Å². The average molecular weight is 239 g/mol. The molecule has 0 radical (unpaired) electrons. The summed E-state index contributed by atoms with van der Waals surface area (Å²) in [7, 11) is 0. The maximum absolute atomic E-state index is 6.00. The molecule has 2 heterocycles. The van der Waals surface area contributed by atoms with Gasteiger partial charge in [0.15, 0.2) is 5.82 Å². The fraction of sp³-hybridized carbons (Fsp3) is 0.833. The van der Waals surface area contributed by atoms with Crippen molar-refractivity contribution in [1.82, 2.24) is 10.1 Å². The highest BCUT2D eigenvalue weighted by atomic mass is 16.5. The van der Waals surface area contributed by atoms with Crippen molar-refractivity contribution in [3.8, 4) is 0 Å². The molecule has 2 atom stereocenters. The first kappa shape index (κ1) is 12.5. The Morgan fingerprint density at radius 2 is 2.29 bits per heavy atom. The average Bonchev–Trinajstić information content (AvgIpc) is 2.88. The molecular weight excluding hydrogens is 218 g/mol. The summed E-state index contributed by atoms with van der Waals surface area (Å²) < 4.78 is 10.5. The third-order valence-corrected chi connectivity index (χ3v) is 3.02. The maximum atomic E-state index is 6.00. The lowest BCUT2D eigenvalue weighted by Crippen LogP contribution is -2.13. The zero-order valence-corrected chi connectivity index (χ0v) is 10.6. The molecule has 1 fully saturated rings. The van der Waals surface area contributed by atoms with Crippen LogP contribution >= 0.6 is 0 Å². The molecule has 1 aromatic rings. The number of hydrogen-bond acceptors (Lipinski definition) is 5. The molecule has 0 aromatic carbocycles. The van der Waals surface area contributed by atoms with Gasteiger partial charge in [-0.1, -0.05) is 19.0 Å². The van der Waals surface area contributed by atoms with E-state index in [9.17, 15) is 0 Å². The Labute approximate surface area is 102 Å². The zero-order valence-electron chi connectivity index (χ0n) is 10.6. The maximum Gasteiger partial charge on any atom is 0.243 e. The van der Waals surface area contributed by atoms with Gasteiger partial charge in [0, 0.05) is 19.6 Å². The molecule has 17 heavy (non-hydrogen) atoms. The van der Waals surface area contributed by atoms with E-state index in [1.54, 1.807) is 0 Å². The lowest BCUT2D eigenvalue weighted by molar-refractivity contribution is 0.185. The van der Waals surface area contributed by atoms with Crippen molar-refractivity contribution in [2.75, 3.05) is 13.2 Å². The van der Waals surface area contributed by atoms with Crippen molar-refractivity contribution in [1.29, 1.82) is 0 Å². The SMILES string of the molecule is CC(C)CC(N)c1nc(CC2CCOC2)no1. The van der Waals surface area contributed by atoms with Crippen LogP contribution in [0.5, 0.6) is 0 Å². The number of rotatable bonds is 5. The Balaban J connectivity index is 1.90. The summed E-state index contributed by atoms with van der Waals surface area (Å²) in [5.74, 6) is 2.38. The lowest BCUT2D eigenvalue weighted by Gasteiger charge is -2.08. The Bertz CT molecular complexity index is 345. The largest absolute Gasteiger partial charge is 0.381 e. The number of aromatic nitrogens is 2. The van der Waals surface area contributed by atoms with Crippen LogP contribution in [-0.2, 0) is 11.2 Å². The summed E-state index contributed by atoms with van der Waals surface area (Å²) in [5, 5.41) is 3.99. The first-order valence-corrected chi connectivity index (χ1v) is 6.31. The molecule has 0 bridgehead atoms. The first-order valence-electron chi connectivity index (χ1n) is 6.31. The van der Waals surface area contributed by atoms with E-state index >= 15 is 0 Å². The second kappa shape index (κ2) is 5.60. The van der Waals surface area contributed by atoms with E-state index in [4.69, 9.17) is 15.0 Å². The fourth-order valence-corrected chi connectivity index (χ4v) is 2.11. The highest BCUT2D eigenvalue weighted by Gasteiger charge is 2.21. The van der Waals surface area contributed by atoms with Crippen LogP contribution < -0.4 is 5.73 Å². The van der Waals surface area contributed by atoms with Gasteiger partial charge >= 0.3 is 0 Å². The highest BCUT2D eigenvalue weighted by Crippen LogP contribution is 2.20. The summed E-state index contributed by atoms with van der Waals surface area (Å²) in [5.41, 5.74) is 6.00. The molecule has 2 rings (SSSR count). The monoisotopic (exact) mass is 239 g/mol. The van der Waals surface area contributed by atoms with Gasteiger partial charge in [-0.05, 0) is 24.7 Å². The molecule has 1 aliphatic rings. The van der Waals surface area contributed by atoms with Gasteiger partial charge in [0.2, 0.25) is 5.89 Å². The quantitative estimate of drug-likeness (QED) is 0.846. The minimum Gasteiger partial charge on any atom is -0.381 e. The third-order valence-electron chi connectivity index (χ3n) is 3.02. The molecule has 0 saturated carbocycles. The second-order valence-electron chi connectivity index (χ2n) is 5.22. The van der Waals surface area contributed by atoms with Gasteiger partial charge in [0.25, 0.3) is 0 Å². The summed E-state index contributed by atoms with van der Waals surface area (Å²) in [4.78, 5) is 4.37. The molecular formula is C12H21N3O2. The summed E-state index contributed by atoms with van der Waals surface area (Å²) in [6.45, 7) is 5.92. The Morgan fingerprint density at radius 1 is 1.47 bits per heavy atom. The van der Waals surface area contributed by atoms with Crippen LogP contribution in [0.15, 0.2) is 4.52 Å². The summed E-state index contributed by atoms with van der Waals surface area (Å²) >= 11 is 0. The summed E-state index contributed by atoms with van der Waals surface area (Å²) in [6, 6.07) is -0.143. The third kappa shape index (κ3) is 3.51. The number of hydrogen-bond donors (Lipinski definition) is 1. The van der Waals surface area contributed by atoms with Crippen LogP contribution in [0.3, 0.4) is 0 Å². The minimum atomic E-state index is -0.143. The van der Waals surface area contributed by atoms with Crippen LogP contribution in [0.25, 0.3) is 0 Å². The van der Waals surface area contributed by atoms with E-state index in [1.165, 1.54) is 0 Å². The van der Waals surface area contributed by atoms with E-state index in [0.717, 1.165) is 38.3 Å². The van der Waals surface area contributed by atoms with Crippen molar-refractivity contribution < 1.29 is 9.26 Å². The standard InChI is InChI=1S/C12H21N3O2/c1-8(2)5-10(13)12-14-11(15-17-12)6-9-3-4-16-7-9/h8-10H,3-7,13H2,1-2H3. The Morgan fingerprint density at radius 3 is 2.94 bits per heavy atom. The van der Waals surface area contributed by atoms with Gasteiger partial charge in [-0.15, -0.1) is 0 Å². The lowest BCUT2D eigenvalue weighted by atomic mass is 10.0. The van der Waals surface area contributed by atoms with Gasteiger partial charge < -0.3 is 15.0 Å². The highest BCUT2D eigenvalue weighted by molar-refractivity contribution is 4.93. The van der Waals surface area contributed by atoms with E-state index < -0.39 is 0 Å². The molecule has 96 valence electrons. The van der Waals surface area contributed by atoms with Gasteiger partial charge in [-0.3, -0.25) is 0 Å². The van der Waals surface area contributed by atoms with Crippen molar-refractivity contribution in [3.05, 3.63) is 11.7 Å². The Kier molecular flexibility index (Phi) is 4.12.